The summed E-state index contributed by atoms with van der Waals surface area (Å²) in [6, 6.07) is 12.0. The average Bonchev–Trinajstić information content (AvgIpc) is 2.42. The van der Waals surface area contributed by atoms with Gasteiger partial charge in [0.05, 0.1) is 16.3 Å². The smallest absolute Gasteiger partial charge is 0.184 e. The highest BCUT2D eigenvalue weighted by Crippen LogP contribution is 2.26. The fraction of sp³-hybridized carbons (Fsp3) is 0.200. The fourth-order valence-electron chi connectivity index (χ4n) is 1.95. The van der Waals surface area contributed by atoms with E-state index in [9.17, 15) is 8.42 Å². The van der Waals surface area contributed by atoms with E-state index in [4.69, 9.17) is 17.3 Å². The van der Waals surface area contributed by atoms with E-state index in [0.29, 0.717) is 5.02 Å². The van der Waals surface area contributed by atoms with Crippen molar-refractivity contribution in [1.29, 1.82) is 0 Å². The number of anilines is 1. The van der Waals surface area contributed by atoms with Crippen LogP contribution in [0.5, 0.6) is 0 Å². The van der Waals surface area contributed by atoms with E-state index in [1.807, 2.05) is 24.3 Å². The van der Waals surface area contributed by atoms with Crippen LogP contribution >= 0.6 is 11.6 Å². The van der Waals surface area contributed by atoms with Crippen LogP contribution in [0, 0.1) is 0 Å². The van der Waals surface area contributed by atoms with Gasteiger partial charge in [-0.25, -0.2) is 8.42 Å². The first kappa shape index (κ1) is 14.9. The fourth-order valence-corrected chi connectivity index (χ4v) is 3.70. The Labute approximate surface area is 124 Å². The van der Waals surface area contributed by atoms with Crippen LogP contribution in [-0.2, 0) is 22.0 Å². The minimum absolute atomic E-state index is 0.0818. The molecule has 0 amide bonds. The standard InChI is InChI=1S/C15H16ClNO2S/c1-2-11-3-5-12(6-4-11)10-20(18,19)15-9-13(16)7-8-14(15)17/h3-9H,2,10,17H2,1H3. The summed E-state index contributed by atoms with van der Waals surface area (Å²) in [5, 5.41) is 0.360. The molecule has 20 heavy (non-hydrogen) atoms. The Morgan fingerprint density at radius 3 is 2.25 bits per heavy atom. The van der Waals surface area contributed by atoms with Gasteiger partial charge in [0.1, 0.15) is 0 Å². The summed E-state index contributed by atoms with van der Waals surface area (Å²) >= 11 is 5.85. The van der Waals surface area contributed by atoms with E-state index in [-0.39, 0.29) is 16.3 Å². The predicted octanol–water partition coefficient (Wildman–Crippen LogP) is 3.46. The lowest BCUT2D eigenvalue weighted by molar-refractivity contribution is 0.595. The number of hydrogen-bond donors (Lipinski definition) is 1. The minimum Gasteiger partial charge on any atom is -0.398 e. The van der Waals surface area contributed by atoms with E-state index in [1.165, 1.54) is 17.7 Å². The Morgan fingerprint density at radius 2 is 1.65 bits per heavy atom. The SMILES string of the molecule is CCc1ccc(CS(=O)(=O)c2cc(Cl)ccc2N)cc1. The second-order valence-electron chi connectivity index (χ2n) is 4.61. The lowest BCUT2D eigenvalue weighted by Crippen LogP contribution is -2.08. The Bertz CT molecular complexity index is 709. The highest BCUT2D eigenvalue weighted by Gasteiger charge is 2.18. The third-order valence-electron chi connectivity index (χ3n) is 3.10. The van der Waals surface area contributed by atoms with Gasteiger partial charge in [-0.1, -0.05) is 42.8 Å². The van der Waals surface area contributed by atoms with Gasteiger partial charge in [0.15, 0.2) is 9.84 Å². The molecule has 0 fully saturated rings. The van der Waals surface area contributed by atoms with E-state index >= 15 is 0 Å². The van der Waals surface area contributed by atoms with Gasteiger partial charge in [-0.15, -0.1) is 0 Å². The van der Waals surface area contributed by atoms with Gasteiger partial charge in [0.25, 0.3) is 0 Å². The van der Waals surface area contributed by atoms with Crippen LogP contribution in [0.25, 0.3) is 0 Å². The van der Waals surface area contributed by atoms with Crippen LogP contribution in [0.4, 0.5) is 5.69 Å². The van der Waals surface area contributed by atoms with Crippen LogP contribution in [0.15, 0.2) is 47.4 Å². The van der Waals surface area contributed by atoms with Crippen LogP contribution in [-0.4, -0.2) is 8.42 Å². The summed E-state index contributed by atoms with van der Waals surface area (Å²) in [6.45, 7) is 2.05. The first-order valence-corrected chi connectivity index (χ1v) is 8.31. The molecule has 3 nitrogen and oxygen atoms in total. The average molecular weight is 310 g/mol. The molecule has 0 heterocycles. The van der Waals surface area contributed by atoms with Crippen molar-refractivity contribution in [2.75, 3.05) is 5.73 Å². The third kappa shape index (κ3) is 3.32. The van der Waals surface area contributed by atoms with Crippen molar-refractivity contribution in [2.45, 2.75) is 24.0 Å². The zero-order valence-corrected chi connectivity index (χ0v) is 12.7. The summed E-state index contributed by atoms with van der Waals surface area (Å²) in [6.07, 6.45) is 0.925. The molecule has 2 aromatic rings. The molecule has 0 spiro atoms. The van der Waals surface area contributed by atoms with Crippen LogP contribution in [0.3, 0.4) is 0 Å². The quantitative estimate of drug-likeness (QED) is 0.880. The highest BCUT2D eigenvalue weighted by molar-refractivity contribution is 7.90. The molecule has 2 aromatic carbocycles. The van der Waals surface area contributed by atoms with Crippen LogP contribution in [0.1, 0.15) is 18.1 Å². The number of sulfone groups is 1. The number of rotatable bonds is 4. The van der Waals surface area contributed by atoms with Gasteiger partial charge in [-0.3, -0.25) is 0 Å². The van der Waals surface area contributed by atoms with E-state index in [0.717, 1.165) is 12.0 Å². The van der Waals surface area contributed by atoms with Gasteiger partial charge in [0, 0.05) is 5.02 Å². The minimum atomic E-state index is -3.50. The molecule has 0 bridgehead atoms. The first-order valence-electron chi connectivity index (χ1n) is 6.28. The van der Waals surface area contributed by atoms with Gasteiger partial charge in [-0.2, -0.15) is 0 Å². The van der Waals surface area contributed by atoms with Crippen molar-refractivity contribution in [2.24, 2.45) is 0 Å². The molecule has 106 valence electrons. The Kier molecular flexibility index (Phi) is 4.35. The molecule has 0 aliphatic carbocycles. The molecular weight excluding hydrogens is 294 g/mol. The van der Waals surface area contributed by atoms with Gasteiger partial charge in [0.2, 0.25) is 0 Å². The summed E-state index contributed by atoms with van der Waals surface area (Å²) < 4.78 is 24.8. The lowest BCUT2D eigenvalue weighted by Gasteiger charge is -2.08. The van der Waals surface area contributed by atoms with Gasteiger partial charge < -0.3 is 5.73 Å². The third-order valence-corrected chi connectivity index (χ3v) is 5.07. The molecular formula is C15H16ClNO2S. The summed E-state index contributed by atoms with van der Waals surface area (Å²) in [5.74, 6) is -0.0818. The Hall–Kier alpha value is -1.52. The molecule has 0 atom stereocenters. The maximum absolute atomic E-state index is 12.4. The molecule has 0 aliphatic rings. The van der Waals surface area contributed by atoms with Crippen LogP contribution in [0.2, 0.25) is 5.02 Å². The summed E-state index contributed by atoms with van der Waals surface area (Å²) in [4.78, 5) is 0.0876. The lowest BCUT2D eigenvalue weighted by atomic mass is 10.1. The maximum Gasteiger partial charge on any atom is 0.184 e. The number of halogens is 1. The second-order valence-corrected chi connectivity index (χ2v) is 7.01. The topological polar surface area (TPSA) is 60.2 Å². The van der Waals surface area contributed by atoms with Crippen molar-refractivity contribution < 1.29 is 8.42 Å². The Balaban J connectivity index is 2.32. The summed E-state index contributed by atoms with van der Waals surface area (Å²) in [7, 11) is -3.50. The molecule has 5 heteroatoms. The zero-order valence-electron chi connectivity index (χ0n) is 11.1. The molecule has 0 saturated carbocycles. The van der Waals surface area contributed by atoms with Crippen molar-refractivity contribution in [3.63, 3.8) is 0 Å². The number of hydrogen-bond acceptors (Lipinski definition) is 3. The molecule has 0 radical (unpaired) electrons. The molecule has 0 saturated heterocycles. The normalized spacial score (nSPS) is 11.5. The van der Waals surface area contributed by atoms with E-state index < -0.39 is 9.84 Å². The van der Waals surface area contributed by atoms with Crippen LogP contribution < -0.4 is 5.73 Å². The number of nitrogens with two attached hydrogens (primary N) is 1. The van der Waals surface area contributed by atoms with Crippen molar-refractivity contribution >= 4 is 27.1 Å². The van der Waals surface area contributed by atoms with Crippen molar-refractivity contribution in [3.8, 4) is 0 Å². The highest BCUT2D eigenvalue weighted by atomic mass is 35.5. The predicted molar refractivity (Wildman–Crippen MR) is 82.6 cm³/mol. The van der Waals surface area contributed by atoms with Gasteiger partial charge >= 0.3 is 0 Å². The second kappa shape index (κ2) is 5.85. The van der Waals surface area contributed by atoms with Gasteiger partial charge in [-0.05, 0) is 35.7 Å². The number of nitrogen functional groups attached to an aromatic ring is 1. The molecule has 2 N–H and O–H groups in total. The van der Waals surface area contributed by atoms with Crippen molar-refractivity contribution in [3.05, 3.63) is 58.6 Å². The molecule has 0 unspecified atom stereocenters. The number of aryl methyl sites for hydroxylation is 1. The summed E-state index contributed by atoms with van der Waals surface area (Å²) in [5.41, 5.74) is 7.87. The Morgan fingerprint density at radius 1 is 1.05 bits per heavy atom. The maximum atomic E-state index is 12.4. The first-order chi connectivity index (χ1) is 9.42. The molecule has 2 rings (SSSR count). The zero-order chi connectivity index (χ0) is 14.8. The van der Waals surface area contributed by atoms with Crippen molar-refractivity contribution in [1.82, 2.24) is 0 Å². The largest absolute Gasteiger partial charge is 0.398 e. The monoisotopic (exact) mass is 309 g/mol. The van der Waals surface area contributed by atoms with E-state index in [1.54, 1.807) is 6.07 Å². The molecule has 0 aliphatic heterocycles. The molecule has 0 aromatic heterocycles. The number of benzene rings is 2. The van der Waals surface area contributed by atoms with E-state index in [2.05, 4.69) is 6.92 Å².